The Bertz CT molecular complexity index is 996. The average molecular weight is 356 g/mol. The van der Waals surface area contributed by atoms with Crippen LogP contribution in [0.1, 0.15) is 22.0 Å². The third-order valence-electron chi connectivity index (χ3n) is 4.82. The van der Waals surface area contributed by atoms with Crippen molar-refractivity contribution in [1.29, 1.82) is 0 Å². The molecule has 3 aromatic rings. The summed E-state index contributed by atoms with van der Waals surface area (Å²) in [5.74, 6) is 0.432. The van der Waals surface area contributed by atoms with Crippen molar-refractivity contribution >= 4 is 39.7 Å². The van der Waals surface area contributed by atoms with Gasteiger partial charge in [-0.05, 0) is 17.0 Å². The van der Waals surface area contributed by atoms with Crippen molar-refractivity contribution in [1.82, 2.24) is 4.57 Å². The predicted octanol–water partition coefficient (Wildman–Crippen LogP) is 3.45. The average Bonchev–Trinajstić information content (AvgIpc) is 3.14. The third-order valence-corrected chi connectivity index (χ3v) is 5.19. The molecule has 1 atom stereocenters. The topological polar surface area (TPSA) is 71.5 Å². The Morgan fingerprint density at radius 1 is 1.32 bits per heavy atom. The van der Waals surface area contributed by atoms with Gasteiger partial charge in [0.25, 0.3) is 5.91 Å². The van der Waals surface area contributed by atoms with Crippen LogP contribution in [0.15, 0.2) is 42.6 Å². The molecule has 0 fully saturated rings. The summed E-state index contributed by atoms with van der Waals surface area (Å²) in [6.07, 6.45) is 1.71. The zero-order chi connectivity index (χ0) is 17.7. The van der Waals surface area contributed by atoms with Crippen LogP contribution < -0.4 is 10.6 Å². The molecule has 0 spiro atoms. The normalized spacial score (nSPS) is 16.4. The van der Waals surface area contributed by atoms with Gasteiger partial charge in [-0.1, -0.05) is 24.3 Å². The lowest BCUT2D eigenvalue weighted by Crippen LogP contribution is -2.31. The van der Waals surface area contributed by atoms with Crippen LogP contribution in [0, 0.1) is 0 Å². The van der Waals surface area contributed by atoms with Crippen LogP contribution in [0.5, 0.6) is 5.75 Å². The standard InChI is InChI=1S/C19H18ClN3O2/c1-22-10-12(21)6-16(22)19(25)23-9-11(8-20)18-14-5-3-2-4-13(14)17(24)7-15(18)23/h2-7,10-11,24H,8-9,21H2,1H3. The van der Waals surface area contributed by atoms with Crippen LogP contribution in [-0.4, -0.2) is 28.0 Å². The Morgan fingerprint density at radius 3 is 2.68 bits per heavy atom. The first-order chi connectivity index (χ1) is 12.0. The summed E-state index contributed by atoms with van der Waals surface area (Å²) in [7, 11) is 1.79. The smallest absolute Gasteiger partial charge is 0.274 e. The number of phenolic OH excluding ortho intramolecular Hbond substituents is 1. The van der Waals surface area contributed by atoms with Gasteiger partial charge in [-0.3, -0.25) is 4.79 Å². The van der Waals surface area contributed by atoms with E-state index in [4.69, 9.17) is 17.3 Å². The van der Waals surface area contributed by atoms with Gasteiger partial charge in [0.05, 0.1) is 11.4 Å². The van der Waals surface area contributed by atoms with E-state index in [-0.39, 0.29) is 17.6 Å². The molecule has 0 bridgehead atoms. The molecular formula is C19H18ClN3O2. The van der Waals surface area contributed by atoms with E-state index in [0.29, 0.717) is 29.5 Å². The highest BCUT2D eigenvalue weighted by Gasteiger charge is 2.35. The first kappa shape index (κ1) is 15.8. The lowest BCUT2D eigenvalue weighted by Gasteiger charge is -2.18. The van der Waals surface area contributed by atoms with Crippen LogP contribution in [-0.2, 0) is 7.05 Å². The van der Waals surface area contributed by atoms with E-state index >= 15 is 0 Å². The lowest BCUT2D eigenvalue weighted by molar-refractivity contribution is 0.0980. The van der Waals surface area contributed by atoms with Crippen molar-refractivity contribution < 1.29 is 9.90 Å². The van der Waals surface area contributed by atoms with E-state index in [9.17, 15) is 9.90 Å². The third kappa shape index (κ3) is 2.35. The van der Waals surface area contributed by atoms with E-state index in [1.165, 1.54) is 0 Å². The number of carbonyl (C=O) groups excluding carboxylic acids is 1. The number of aryl methyl sites for hydroxylation is 1. The van der Waals surface area contributed by atoms with Crippen LogP contribution >= 0.6 is 11.6 Å². The number of aromatic hydroxyl groups is 1. The molecule has 2 aromatic carbocycles. The van der Waals surface area contributed by atoms with Gasteiger partial charge in [0.1, 0.15) is 11.4 Å². The molecule has 0 aliphatic carbocycles. The number of carbonyl (C=O) groups is 1. The quantitative estimate of drug-likeness (QED) is 0.691. The summed E-state index contributed by atoms with van der Waals surface area (Å²) in [5, 5.41) is 12.1. The second-order valence-electron chi connectivity index (χ2n) is 6.41. The molecule has 128 valence electrons. The Labute approximate surface area is 150 Å². The van der Waals surface area contributed by atoms with E-state index in [0.717, 1.165) is 16.3 Å². The van der Waals surface area contributed by atoms with Gasteiger partial charge in [-0.2, -0.15) is 0 Å². The molecule has 25 heavy (non-hydrogen) atoms. The number of halogens is 1. The second kappa shape index (κ2) is 5.70. The summed E-state index contributed by atoms with van der Waals surface area (Å²) in [5.41, 5.74) is 8.59. The van der Waals surface area contributed by atoms with Gasteiger partial charge in [-0.15, -0.1) is 11.6 Å². The van der Waals surface area contributed by atoms with Gasteiger partial charge in [-0.25, -0.2) is 0 Å². The number of nitrogen functional groups attached to an aromatic ring is 1. The minimum absolute atomic E-state index is 0.0173. The molecule has 1 unspecified atom stereocenters. The number of benzene rings is 2. The number of hydrogen-bond acceptors (Lipinski definition) is 3. The number of nitrogens with two attached hydrogens (primary N) is 1. The molecule has 1 aromatic heterocycles. The number of nitrogens with zero attached hydrogens (tertiary/aromatic N) is 2. The summed E-state index contributed by atoms with van der Waals surface area (Å²) < 4.78 is 1.71. The van der Waals surface area contributed by atoms with Crippen molar-refractivity contribution in [3.05, 3.63) is 53.9 Å². The summed E-state index contributed by atoms with van der Waals surface area (Å²) in [4.78, 5) is 14.8. The zero-order valence-corrected chi connectivity index (χ0v) is 14.5. The van der Waals surface area contributed by atoms with E-state index in [1.54, 1.807) is 34.8 Å². The summed E-state index contributed by atoms with van der Waals surface area (Å²) in [6, 6.07) is 11.0. The molecule has 0 radical (unpaired) electrons. The molecule has 2 heterocycles. The molecule has 0 saturated heterocycles. The number of alkyl halides is 1. The van der Waals surface area contributed by atoms with E-state index in [1.807, 2.05) is 24.3 Å². The number of rotatable bonds is 2. The van der Waals surface area contributed by atoms with Gasteiger partial charge in [0, 0.05) is 43.0 Å². The highest BCUT2D eigenvalue weighted by molar-refractivity contribution is 6.19. The molecule has 6 heteroatoms. The molecule has 3 N–H and O–H groups in total. The van der Waals surface area contributed by atoms with Crippen molar-refractivity contribution in [2.24, 2.45) is 7.05 Å². The largest absolute Gasteiger partial charge is 0.507 e. The fraction of sp³-hybridized carbons (Fsp3) is 0.211. The molecule has 1 aliphatic heterocycles. The molecule has 1 aliphatic rings. The highest BCUT2D eigenvalue weighted by Crippen LogP contribution is 2.45. The minimum Gasteiger partial charge on any atom is -0.507 e. The van der Waals surface area contributed by atoms with Gasteiger partial charge in [0.15, 0.2) is 0 Å². The van der Waals surface area contributed by atoms with E-state index in [2.05, 4.69) is 0 Å². The first-order valence-corrected chi connectivity index (χ1v) is 8.59. The number of phenols is 1. The second-order valence-corrected chi connectivity index (χ2v) is 6.72. The summed E-state index contributed by atoms with van der Waals surface area (Å²) >= 11 is 6.20. The van der Waals surface area contributed by atoms with Crippen LogP contribution in [0.2, 0.25) is 0 Å². The van der Waals surface area contributed by atoms with Crippen molar-refractivity contribution in [2.75, 3.05) is 23.1 Å². The monoisotopic (exact) mass is 355 g/mol. The van der Waals surface area contributed by atoms with Crippen LogP contribution in [0.25, 0.3) is 10.8 Å². The lowest BCUT2D eigenvalue weighted by atomic mass is 9.95. The zero-order valence-electron chi connectivity index (χ0n) is 13.7. The maximum atomic E-state index is 13.1. The van der Waals surface area contributed by atoms with Crippen molar-refractivity contribution in [3.63, 3.8) is 0 Å². The maximum absolute atomic E-state index is 13.1. The number of anilines is 2. The first-order valence-electron chi connectivity index (χ1n) is 8.05. The van der Waals surface area contributed by atoms with Crippen LogP contribution in [0.3, 0.4) is 0 Å². The van der Waals surface area contributed by atoms with Gasteiger partial charge in [0.2, 0.25) is 0 Å². The minimum atomic E-state index is -0.150. The Hall–Kier alpha value is -2.66. The predicted molar refractivity (Wildman–Crippen MR) is 101 cm³/mol. The number of fused-ring (bicyclic) bond motifs is 3. The Balaban J connectivity index is 1.90. The molecular weight excluding hydrogens is 338 g/mol. The molecule has 0 saturated carbocycles. The Kier molecular flexibility index (Phi) is 3.62. The molecule has 4 rings (SSSR count). The Morgan fingerprint density at radius 2 is 2.04 bits per heavy atom. The SMILES string of the molecule is Cn1cc(N)cc1C(=O)N1CC(CCl)c2c1cc(O)c1ccccc21. The van der Waals surface area contributed by atoms with E-state index < -0.39 is 0 Å². The highest BCUT2D eigenvalue weighted by atomic mass is 35.5. The summed E-state index contributed by atoms with van der Waals surface area (Å²) in [6.45, 7) is 0.482. The fourth-order valence-corrected chi connectivity index (χ4v) is 3.94. The molecule has 5 nitrogen and oxygen atoms in total. The number of aromatic nitrogens is 1. The van der Waals surface area contributed by atoms with Gasteiger partial charge >= 0.3 is 0 Å². The van der Waals surface area contributed by atoms with Crippen molar-refractivity contribution in [2.45, 2.75) is 5.92 Å². The maximum Gasteiger partial charge on any atom is 0.274 e. The van der Waals surface area contributed by atoms with Crippen molar-refractivity contribution in [3.8, 4) is 5.75 Å². The molecule has 1 amide bonds. The van der Waals surface area contributed by atoms with Crippen LogP contribution in [0.4, 0.5) is 11.4 Å². The fourth-order valence-electron chi connectivity index (χ4n) is 3.69. The van der Waals surface area contributed by atoms with Gasteiger partial charge < -0.3 is 20.3 Å². The number of amides is 1. The number of hydrogen-bond donors (Lipinski definition) is 2.